The van der Waals surface area contributed by atoms with Crippen LogP contribution in [0.2, 0.25) is 0 Å². The monoisotopic (exact) mass is 244 g/mol. The highest BCUT2D eigenvalue weighted by molar-refractivity contribution is 5.86. The van der Waals surface area contributed by atoms with Gasteiger partial charge in [0.05, 0.1) is 12.1 Å². The van der Waals surface area contributed by atoms with Crippen molar-refractivity contribution < 1.29 is 15.0 Å². The summed E-state index contributed by atoms with van der Waals surface area (Å²) in [7, 11) is 0. The van der Waals surface area contributed by atoms with Crippen molar-refractivity contribution in [2.75, 3.05) is 19.7 Å². The van der Waals surface area contributed by atoms with Crippen LogP contribution in [0.1, 0.15) is 39.5 Å². The number of amides is 1. The van der Waals surface area contributed by atoms with Gasteiger partial charge in [-0.05, 0) is 32.7 Å². The fourth-order valence-electron chi connectivity index (χ4n) is 2.25. The summed E-state index contributed by atoms with van der Waals surface area (Å²) in [5, 5.41) is 24.6. The Morgan fingerprint density at radius 2 is 2.29 bits per heavy atom. The Labute approximate surface area is 103 Å². The molecular weight excluding hydrogens is 220 g/mol. The quantitative estimate of drug-likeness (QED) is 0.520. The lowest BCUT2D eigenvalue weighted by Crippen LogP contribution is -2.56. The number of carbonyl (C=O) groups is 1. The molecule has 1 aliphatic rings. The molecule has 17 heavy (non-hydrogen) atoms. The van der Waals surface area contributed by atoms with Crippen molar-refractivity contribution in [3.05, 3.63) is 0 Å². The van der Waals surface area contributed by atoms with E-state index in [-0.39, 0.29) is 19.1 Å². The van der Waals surface area contributed by atoms with Crippen LogP contribution in [0.4, 0.5) is 0 Å². The first-order valence-electron chi connectivity index (χ1n) is 6.32. The molecule has 0 saturated carbocycles. The maximum atomic E-state index is 12.2. The molecule has 4 N–H and O–H groups in total. The van der Waals surface area contributed by atoms with Crippen molar-refractivity contribution in [3.8, 4) is 0 Å². The lowest BCUT2D eigenvalue weighted by Gasteiger charge is -2.30. The minimum Gasteiger partial charge on any atom is -0.393 e. The molecule has 2 atom stereocenters. The van der Waals surface area contributed by atoms with E-state index < -0.39 is 11.1 Å². The molecule has 0 bridgehead atoms. The smallest absolute Gasteiger partial charge is 0.240 e. The number of rotatable bonds is 6. The van der Waals surface area contributed by atoms with Gasteiger partial charge in [-0.15, -0.1) is 0 Å². The third kappa shape index (κ3) is 3.66. The first kappa shape index (κ1) is 14.4. The third-order valence-electron chi connectivity index (χ3n) is 3.33. The van der Waals surface area contributed by atoms with Crippen molar-refractivity contribution in [1.29, 1.82) is 0 Å². The van der Waals surface area contributed by atoms with Crippen molar-refractivity contribution in [2.45, 2.75) is 50.7 Å². The van der Waals surface area contributed by atoms with E-state index in [4.69, 9.17) is 5.11 Å². The van der Waals surface area contributed by atoms with Crippen LogP contribution in [0.5, 0.6) is 0 Å². The minimum atomic E-state index is -1.25. The fourth-order valence-corrected chi connectivity index (χ4v) is 2.25. The molecule has 0 spiro atoms. The van der Waals surface area contributed by atoms with Gasteiger partial charge in [0.15, 0.2) is 0 Å². The molecule has 1 aliphatic heterocycles. The highest BCUT2D eigenvalue weighted by Crippen LogP contribution is 2.25. The van der Waals surface area contributed by atoms with Crippen molar-refractivity contribution in [2.24, 2.45) is 0 Å². The van der Waals surface area contributed by atoms with Crippen LogP contribution in [-0.2, 0) is 4.79 Å². The maximum absolute atomic E-state index is 12.2. The zero-order chi connectivity index (χ0) is 12.9. The Hall–Kier alpha value is -0.650. The van der Waals surface area contributed by atoms with Crippen LogP contribution in [0.3, 0.4) is 0 Å². The molecule has 100 valence electrons. The second kappa shape index (κ2) is 5.80. The molecule has 1 amide bonds. The van der Waals surface area contributed by atoms with Crippen molar-refractivity contribution >= 4 is 5.91 Å². The van der Waals surface area contributed by atoms with Gasteiger partial charge in [0, 0.05) is 6.54 Å². The lowest BCUT2D eigenvalue weighted by atomic mass is 9.90. The Kier molecular flexibility index (Phi) is 4.91. The zero-order valence-electron chi connectivity index (χ0n) is 10.8. The molecule has 0 aromatic rings. The summed E-state index contributed by atoms with van der Waals surface area (Å²) in [6.45, 7) is 4.14. The number of hydrogen-bond donors (Lipinski definition) is 4. The fraction of sp³-hybridized carbons (Fsp3) is 0.917. The largest absolute Gasteiger partial charge is 0.393 e. The minimum absolute atomic E-state index is 0.0643. The summed E-state index contributed by atoms with van der Waals surface area (Å²) in [5.41, 5.74) is -1.72. The molecule has 1 rings (SSSR count). The van der Waals surface area contributed by atoms with Gasteiger partial charge in [-0.2, -0.15) is 0 Å². The third-order valence-corrected chi connectivity index (χ3v) is 3.33. The van der Waals surface area contributed by atoms with Crippen LogP contribution in [-0.4, -0.2) is 47.0 Å². The first-order chi connectivity index (χ1) is 7.96. The summed E-state index contributed by atoms with van der Waals surface area (Å²) in [6, 6.07) is 0. The van der Waals surface area contributed by atoms with E-state index in [9.17, 15) is 9.90 Å². The van der Waals surface area contributed by atoms with Gasteiger partial charge in [-0.1, -0.05) is 13.3 Å². The van der Waals surface area contributed by atoms with E-state index >= 15 is 0 Å². The highest BCUT2D eigenvalue weighted by atomic mass is 16.3. The number of aliphatic hydroxyl groups excluding tert-OH is 1. The van der Waals surface area contributed by atoms with E-state index in [0.29, 0.717) is 0 Å². The number of hydrogen-bond acceptors (Lipinski definition) is 4. The van der Waals surface area contributed by atoms with E-state index in [0.717, 1.165) is 32.2 Å². The molecule has 0 aromatic heterocycles. The predicted octanol–water partition coefficient (Wildman–Crippen LogP) is -0.232. The second-order valence-electron chi connectivity index (χ2n) is 5.20. The van der Waals surface area contributed by atoms with Crippen LogP contribution in [0, 0.1) is 0 Å². The Bertz CT molecular complexity index is 260. The maximum Gasteiger partial charge on any atom is 0.240 e. The molecule has 1 heterocycles. The van der Waals surface area contributed by atoms with Crippen LogP contribution in [0.25, 0.3) is 0 Å². The van der Waals surface area contributed by atoms with Crippen molar-refractivity contribution in [1.82, 2.24) is 10.6 Å². The van der Waals surface area contributed by atoms with Gasteiger partial charge < -0.3 is 20.8 Å². The molecule has 5 nitrogen and oxygen atoms in total. The summed E-state index contributed by atoms with van der Waals surface area (Å²) in [4.78, 5) is 12.2. The zero-order valence-corrected chi connectivity index (χ0v) is 10.8. The predicted molar refractivity (Wildman–Crippen MR) is 65.6 cm³/mol. The molecule has 0 radical (unpaired) electrons. The molecule has 0 aliphatic carbocycles. The number of nitrogens with one attached hydrogen (secondary N) is 2. The summed E-state index contributed by atoms with van der Waals surface area (Å²) >= 11 is 0. The normalized spacial score (nSPS) is 27.8. The topological polar surface area (TPSA) is 81.6 Å². The van der Waals surface area contributed by atoms with Gasteiger partial charge >= 0.3 is 0 Å². The van der Waals surface area contributed by atoms with Gasteiger partial charge in [-0.3, -0.25) is 4.79 Å². The van der Waals surface area contributed by atoms with Gasteiger partial charge in [0.25, 0.3) is 0 Å². The molecule has 2 unspecified atom stereocenters. The van der Waals surface area contributed by atoms with Crippen LogP contribution in [0.15, 0.2) is 0 Å². The SMILES string of the molecule is CCCC1(C(=O)NCC(C)(O)CO)CCCN1. The van der Waals surface area contributed by atoms with Crippen molar-refractivity contribution in [3.63, 3.8) is 0 Å². The average molecular weight is 244 g/mol. The Morgan fingerprint density at radius 1 is 1.59 bits per heavy atom. The Balaban J connectivity index is 2.55. The molecule has 1 fully saturated rings. The van der Waals surface area contributed by atoms with Gasteiger partial charge in [0.2, 0.25) is 5.91 Å². The lowest BCUT2D eigenvalue weighted by molar-refractivity contribution is -0.129. The van der Waals surface area contributed by atoms with E-state index in [1.807, 2.05) is 0 Å². The number of carbonyl (C=O) groups excluding carboxylic acids is 1. The summed E-state index contributed by atoms with van der Waals surface area (Å²) < 4.78 is 0. The second-order valence-corrected chi connectivity index (χ2v) is 5.20. The Morgan fingerprint density at radius 3 is 2.76 bits per heavy atom. The molecule has 1 saturated heterocycles. The number of aliphatic hydroxyl groups is 2. The summed E-state index contributed by atoms with van der Waals surface area (Å²) in [6.07, 6.45) is 3.59. The van der Waals surface area contributed by atoms with E-state index in [1.165, 1.54) is 6.92 Å². The van der Waals surface area contributed by atoms with Crippen LogP contribution < -0.4 is 10.6 Å². The van der Waals surface area contributed by atoms with E-state index in [1.54, 1.807) is 0 Å². The highest BCUT2D eigenvalue weighted by Gasteiger charge is 2.40. The summed E-state index contributed by atoms with van der Waals surface area (Å²) in [5.74, 6) is -0.0643. The first-order valence-corrected chi connectivity index (χ1v) is 6.32. The van der Waals surface area contributed by atoms with Crippen LogP contribution >= 0.6 is 0 Å². The molecule has 0 aromatic carbocycles. The standard InChI is InChI=1S/C12H24N2O3/c1-3-5-12(6-4-7-14-12)10(16)13-8-11(2,17)9-15/h14-15,17H,3-9H2,1-2H3,(H,13,16). The molecule has 5 heteroatoms. The van der Waals surface area contributed by atoms with Gasteiger partial charge in [0.1, 0.15) is 5.60 Å². The van der Waals surface area contributed by atoms with Gasteiger partial charge in [-0.25, -0.2) is 0 Å². The average Bonchev–Trinajstić information content (AvgIpc) is 2.76. The molecular formula is C12H24N2O3. The van der Waals surface area contributed by atoms with E-state index in [2.05, 4.69) is 17.6 Å².